The summed E-state index contributed by atoms with van der Waals surface area (Å²) in [5, 5.41) is 21.3. The number of rotatable bonds is 9. The number of aliphatic hydroxyl groups excluding tert-OH is 1. The molecule has 1 amide bonds. The van der Waals surface area contributed by atoms with Crippen molar-refractivity contribution in [3.05, 3.63) is 65.2 Å². The molecule has 12 nitrogen and oxygen atoms in total. The quantitative estimate of drug-likeness (QED) is 0.256. The van der Waals surface area contributed by atoms with Crippen molar-refractivity contribution in [2.24, 2.45) is 7.05 Å². The summed E-state index contributed by atoms with van der Waals surface area (Å²) < 4.78 is 35.7. The standard InChI is InChI=1S/C30H39N7O5S/c1-18-10-11-19(12-24(18)37-16-23(33-35-37)25-15-31-28(36(25)7)30(5,6)17-38)27(39)32-21-13-20(29(2,3)4)14-22(26(21)42-8)34-43(9,40)41/h10-16,34,38H,17H2,1-9H3,(H,32,39). The molecule has 0 saturated carbocycles. The average Bonchev–Trinajstić information content (AvgIpc) is 3.54. The smallest absolute Gasteiger partial charge is 0.255 e. The van der Waals surface area contributed by atoms with Gasteiger partial charge in [0.05, 0.1) is 55.1 Å². The minimum absolute atomic E-state index is 0.0556. The van der Waals surface area contributed by atoms with Gasteiger partial charge in [0, 0.05) is 18.0 Å². The second-order valence-electron chi connectivity index (χ2n) is 12.3. The summed E-state index contributed by atoms with van der Waals surface area (Å²) in [6, 6.07) is 8.71. The fourth-order valence-corrected chi connectivity index (χ4v) is 5.24. The molecule has 0 spiro atoms. The van der Waals surface area contributed by atoms with Gasteiger partial charge in [-0.05, 0) is 47.7 Å². The van der Waals surface area contributed by atoms with Crippen molar-refractivity contribution in [2.75, 3.05) is 30.0 Å². The molecule has 0 aliphatic heterocycles. The highest BCUT2D eigenvalue weighted by Gasteiger charge is 2.27. The predicted octanol–water partition coefficient (Wildman–Crippen LogP) is 4.18. The second kappa shape index (κ2) is 11.5. The number of carbonyl (C=O) groups is 1. The van der Waals surface area contributed by atoms with Crippen LogP contribution in [0.1, 0.15) is 61.9 Å². The lowest BCUT2D eigenvalue weighted by Crippen LogP contribution is -2.26. The number of imidazole rings is 1. The largest absolute Gasteiger partial charge is 0.492 e. The minimum Gasteiger partial charge on any atom is -0.492 e. The summed E-state index contributed by atoms with van der Waals surface area (Å²) in [6.07, 6.45) is 4.51. The third-order valence-corrected chi connectivity index (χ3v) is 7.76. The Morgan fingerprint density at radius 2 is 1.77 bits per heavy atom. The van der Waals surface area contributed by atoms with Crippen LogP contribution in [0.3, 0.4) is 0 Å². The topological polar surface area (TPSA) is 153 Å². The maximum atomic E-state index is 13.5. The monoisotopic (exact) mass is 609 g/mol. The van der Waals surface area contributed by atoms with Crippen LogP contribution >= 0.6 is 0 Å². The van der Waals surface area contributed by atoms with Crippen molar-refractivity contribution in [1.82, 2.24) is 24.5 Å². The van der Waals surface area contributed by atoms with Crippen LogP contribution in [0.25, 0.3) is 17.1 Å². The summed E-state index contributed by atoms with van der Waals surface area (Å²) in [7, 11) is -0.334. The van der Waals surface area contributed by atoms with Gasteiger partial charge in [0.1, 0.15) is 11.5 Å². The molecule has 0 bridgehead atoms. The van der Waals surface area contributed by atoms with Gasteiger partial charge in [0.2, 0.25) is 10.0 Å². The molecular formula is C30H39N7O5S. The number of methoxy groups -OCH3 is 1. The highest BCUT2D eigenvalue weighted by Crippen LogP contribution is 2.39. The van der Waals surface area contributed by atoms with Crippen molar-refractivity contribution >= 4 is 27.3 Å². The summed E-state index contributed by atoms with van der Waals surface area (Å²) >= 11 is 0. The van der Waals surface area contributed by atoms with E-state index in [2.05, 4.69) is 25.3 Å². The van der Waals surface area contributed by atoms with E-state index in [4.69, 9.17) is 4.74 Å². The third-order valence-electron chi connectivity index (χ3n) is 7.17. The fraction of sp³-hybridized carbons (Fsp3) is 0.400. The van der Waals surface area contributed by atoms with Gasteiger partial charge < -0.3 is 19.7 Å². The molecule has 13 heteroatoms. The average molecular weight is 610 g/mol. The molecule has 2 heterocycles. The first kappa shape index (κ1) is 31.7. The van der Waals surface area contributed by atoms with Crippen LogP contribution in [0, 0.1) is 6.92 Å². The van der Waals surface area contributed by atoms with Gasteiger partial charge in [0.25, 0.3) is 5.91 Å². The van der Waals surface area contributed by atoms with Crippen molar-refractivity contribution in [2.45, 2.75) is 52.4 Å². The molecule has 230 valence electrons. The number of hydrogen-bond acceptors (Lipinski definition) is 8. The maximum absolute atomic E-state index is 13.5. The fourth-order valence-electron chi connectivity index (χ4n) is 4.69. The Bertz CT molecular complexity index is 1780. The molecule has 0 unspecified atom stereocenters. The highest BCUT2D eigenvalue weighted by atomic mass is 32.2. The molecule has 0 radical (unpaired) electrons. The van der Waals surface area contributed by atoms with Crippen molar-refractivity contribution < 1.29 is 23.1 Å². The Morgan fingerprint density at radius 3 is 2.37 bits per heavy atom. The van der Waals surface area contributed by atoms with Crippen LogP contribution in [0.15, 0.2) is 42.7 Å². The lowest BCUT2D eigenvalue weighted by atomic mass is 9.86. The molecule has 0 atom stereocenters. The normalized spacial score (nSPS) is 12.3. The zero-order chi connectivity index (χ0) is 31.9. The molecule has 2 aromatic carbocycles. The number of aromatic nitrogens is 5. The molecule has 0 aliphatic carbocycles. The van der Waals surface area contributed by atoms with Crippen LogP contribution < -0.4 is 14.8 Å². The number of ether oxygens (including phenoxy) is 1. The number of sulfonamides is 1. The lowest BCUT2D eigenvalue weighted by Gasteiger charge is -2.24. The van der Waals surface area contributed by atoms with E-state index >= 15 is 0 Å². The summed E-state index contributed by atoms with van der Waals surface area (Å²) in [4.78, 5) is 18.0. The van der Waals surface area contributed by atoms with Gasteiger partial charge in [-0.15, -0.1) is 5.10 Å². The number of nitrogens with one attached hydrogen (secondary N) is 2. The second-order valence-corrected chi connectivity index (χ2v) is 14.0. The zero-order valence-electron chi connectivity index (χ0n) is 26.0. The van der Waals surface area contributed by atoms with E-state index < -0.39 is 21.3 Å². The SMILES string of the molecule is COc1c(NC(=O)c2ccc(C)c(-n3cc(-c4cnc(C(C)(C)CO)n4C)nn3)c2)cc(C(C)(C)C)cc1NS(C)(=O)=O. The number of hydrogen-bond donors (Lipinski definition) is 3. The van der Waals surface area contributed by atoms with E-state index in [1.54, 1.807) is 41.3 Å². The number of amides is 1. The molecule has 43 heavy (non-hydrogen) atoms. The summed E-state index contributed by atoms with van der Waals surface area (Å²) in [5.74, 6) is 0.494. The number of aliphatic hydroxyl groups is 1. The van der Waals surface area contributed by atoms with Gasteiger partial charge in [0.15, 0.2) is 5.75 Å². The van der Waals surface area contributed by atoms with Gasteiger partial charge in [-0.2, -0.15) is 0 Å². The van der Waals surface area contributed by atoms with Gasteiger partial charge in [-0.25, -0.2) is 18.1 Å². The minimum atomic E-state index is -3.61. The number of benzene rings is 2. The number of nitrogens with zero attached hydrogens (tertiary/aromatic N) is 5. The summed E-state index contributed by atoms with van der Waals surface area (Å²) in [6.45, 7) is 11.6. The van der Waals surface area contributed by atoms with Crippen LogP contribution in [-0.2, 0) is 27.9 Å². The van der Waals surface area contributed by atoms with Crippen LogP contribution in [0.4, 0.5) is 11.4 Å². The number of carbonyl (C=O) groups excluding carboxylic acids is 1. The molecule has 0 aliphatic rings. The van der Waals surface area contributed by atoms with Crippen molar-refractivity contribution in [3.8, 4) is 22.8 Å². The molecule has 4 rings (SSSR count). The Balaban J connectivity index is 1.69. The van der Waals surface area contributed by atoms with E-state index in [0.717, 1.165) is 28.9 Å². The Hall–Kier alpha value is -4.23. The highest BCUT2D eigenvalue weighted by molar-refractivity contribution is 7.92. The van der Waals surface area contributed by atoms with Crippen LogP contribution in [0.5, 0.6) is 5.75 Å². The molecule has 4 aromatic rings. The van der Waals surface area contributed by atoms with Crippen molar-refractivity contribution in [3.63, 3.8) is 0 Å². The Kier molecular flexibility index (Phi) is 8.44. The Morgan fingerprint density at radius 1 is 1.09 bits per heavy atom. The third kappa shape index (κ3) is 6.73. The van der Waals surface area contributed by atoms with Gasteiger partial charge in [-0.3, -0.25) is 9.52 Å². The van der Waals surface area contributed by atoms with E-state index in [1.807, 2.05) is 59.2 Å². The first-order valence-corrected chi connectivity index (χ1v) is 15.5. The predicted molar refractivity (Wildman–Crippen MR) is 167 cm³/mol. The molecular weight excluding hydrogens is 570 g/mol. The molecule has 3 N–H and O–H groups in total. The Labute approximate surface area is 252 Å². The van der Waals surface area contributed by atoms with Gasteiger partial charge >= 0.3 is 0 Å². The first-order valence-electron chi connectivity index (χ1n) is 13.6. The molecule has 2 aromatic heterocycles. The van der Waals surface area contributed by atoms with E-state index in [9.17, 15) is 18.3 Å². The van der Waals surface area contributed by atoms with E-state index in [1.165, 1.54) is 7.11 Å². The van der Waals surface area contributed by atoms with Crippen molar-refractivity contribution in [1.29, 1.82) is 0 Å². The van der Waals surface area contributed by atoms with E-state index in [-0.39, 0.29) is 23.5 Å². The van der Waals surface area contributed by atoms with Gasteiger partial charge in [-0.1, -0.05) is 45.9 Å². The zero-order valence-corrected chi connectivity index (χ0v) is 26.8. The summed E-state index contributed by atoms with van der Waals surface area (Å²) in [5.41, 5.74) is 3.68. The lowest BCUT2D eigenvalue weighted by molar-refractivity contribution is 0.102. The van der Waals surface area contributed by atoms with Crippen LogP contribution in [0.2, 0.25) is 0 Å². The maximum Gasteiger partial charge on any atom is 0.255 e. The molecule has 0 fully saturated rings. The first-order chi connectivity index (χ1) is 19.9. The number of aryl methyl sites for hydroxylation is 1. The van der Waals surface area contributed by atoms with Crippen LogP contribution in [-0.4, -0.2) is 63.9 Å². The molecule has 0 saturated heterocycles. The number of anilines is 2. The van der Waals surface area contributed by atoms with E-state index in [0.29, 0.717) is 22.6 Å².